The van der Waals surface area contributed by atoms with E-state index in [1.54, 1.807) is 0 Å². The van der Waals surface area contributed by atoms with Crippen molar-refractivity contribution in [2.24, 2.45) is 5.92 Å². The van der Waals surface area contributed by atoms with Crippen LogP contribution in [-0.2, 0) is 14.3 Å². The molecule has 1 rings (SSSR count). The molecule has 0 saturated heterocycles. The highest BCUT2D eigenvalue weighted by atomic mass is 16.5. The highest BCUT2D eigenvalue weighted by molar-refractivity contribution is 6.04. The second-order valence-corrected chi connectivity index (χ2v) is 3.38. The normalized spacial score (nSPS) is 29.4. The maximum Gasteiger partial charge on any atom is 0.145 e. The van der Waals surface area contributed by atoms with E-state index in [0.29, 0.717) is 25.9 Å². The van der Waals surface area contributed by atoms with Crippen LogP contribution in [0.3, 0.4) is 0 Å². The molecule has 1 fully saturated rings. The summed E-state index contributed by atoms with van der Waals surface area (Å²) in [4.78, 5) is 22.8. The van der Waals surface area contributed by atoms with Crippen LogP contribution >= 0.6 is 0 Å². The van der Waals surface area contributed by atoms with E-state index in [1.807, 2.05) is 13.8 Å². The van der Waals surface area contributed by atoms with Crippen LogP contribution in [0.15, 0.2) is 0 Å². The molecule has 1 aliphatic rings. The van der Waals surface area contributed by atoms with Crippen molar-refractivity contribution in [2.45, 2.75) is 39.2 Å². The third-order valence-electron chi connectivity index (χ3n) is 2.45. The molecule has 0 unspecified atom stereocenters. The lowest BCUT2D eigenvalue weighted by atomic mass is 9.83. The minimum absolute atomic E-state index is 0.0530. The zero-order valence-electron chi connectivity index (χ0n) is 8.21. The number of hydrogen-bond donors (Lipinski definition) is 0. The molecule has 0 aromatic heterocycles. The monoisotopic (exact) mass is 184 g/mol. The first-order chi connectivity index (χ1) is 6.19. The van der Waals surface area contributed by atoms with Crippen LogP contribution in [0.25, 0.3) is 0 Å². The summed E-state index contributed by atoms with van der Waals surface area (Å²) in [5.74, 6) is -0.244. The maximum absolute atomic E-state index is 11.4. The van der Waals surface area contributed by atoms with Gasteiger partial charge >= 0.3 is 0 Å². The summed E-state index contributed by atoms with van der Waals surface area (Å²) in [7, 11) is 0. The molecule has 0 aromatic rings. The Morgan fingerprint density at radius 3 is 2.15 bits per heavy atom. The fourth-order valence-corrected chi connectivity index (χ4v) is 1.79. The first-order valence-electron chi connectivity index (χ1n) is 4.86. The molecule has 13 heavy (non-hydrogen) atoms. The van der Waals surface area contributed by atoms with Crippen molar-refractivity contribution >= 4 is 11.6 Å². The molecule has 0 amide bonds. The average Bonchev–Trinajstić information content (AvgIpc) is 2.04. The van der Waals surface area contributed by atoms with Crippen molar-refractivity contribution in [3.63, 3.8) is 0 Å². The second-order valence-electron chi connectivity index (χ2n) is 3.38. The maximum atomic E-state index is 11.4. The summed E-state index contributed by atoms with van der Waals surface area (Å²) in [6.45, 7) is 4.32. The summed E-state index contributed by atoms with van der Waals surface area (Å²) in [5, 5.41) is 0. The molecule has 0 heterocycles. The Labute approximate surface area is 78.5 Å². The van der Waals surface area contributed by atoms with E-state index in [-0.39, 0.29) is 23.6 Å². The van der Waals surface area contributed by atoms with Crippen LogP contribution < -0.4 is 0 Å². The first kappa shape index (κ1) is 10.4. The van der Waals surface area contributed by atoms with Gasteiger partial charge in [0.05, 0.1) is 12.0 Å². The zero-order valence-corrected chi connectivity index (χ0v) is 8.21. The van der Waals surface area contributed by atoms with Crippen LogP contribution in [0.4, 0.5) is 0 Å². The molecule has 0 aromatic carbocycles. The number of ketones is 2. The van der Waals surface area contributed by atoms with Crippen molar-refractivity contribution in [3.8, 4) is 0 Å². The van der Waals surface area contributed by atoms with Crippen molar-refractivity contribution in [2.75, 3.05) is 6.61 Å². The van der Waals surface area contributed by atoms with Gasteiger partial charge in [-0.2, -0.15) is 0 Å². The van der Waals surface area contributed by atoms with Gasteiger partial charge in [-0.15, -0.1) is 0 Å². The molecule has 0 spiro atoms. The summed E-state index contributed by atoms with van der Waals surface area (Å²) in [6.07, 6.45) is 1.31. The van der Waals surface area contributed by atoms with Crippen LogP contribution in [0.1, 0.15) is 33.1 Å². The van der Waals surface area contributed by atoms with Gasteiger partial charge in [-0.3, -0.25) is 9.59 Å². The quantitative estimate of drug-likeness (QED) is 0.622. The zero-order chi connectivity index (χ0) is 9.84. The standard InChI is InChI=1S/C10H16O3/c1-3-8-9(11)5-7(13-4-2)6-10(8)12/h7-8H,3-6H2,1-2H3. The Balaban J connectivity index is 2.56. The van der Waals surface area contributed by atoms with Crippen molar-refractivity contribution < 1.29 is 14.3 Å². The Hall–Kier alpha value is -0.700. The molecular weight excluding hydrogens is 168 g/mol. The number of ether oxygens (including phenoxy) is 1. The third kappa shape index (κ3) is 2.37. The number of rotatable bonds is 3. The van der Waals surface area contributed by atoms with E-state index < -0.39 is 0 Å². The fourth-order valence-electron chi connectivity index (χ4n) is 1.79. The van der Waals surface area contributed by atoms with Gasteiger partial charge in [0.2, 0.25) is 0 Å². The highest BCUT2D eigenvalue weighted by Gasteiger charge is 2.34. The second kappa shape index (κ2) is 4.51. The predicted molar refractivity (Wildman–Crippen MR) is 48.4 cm³/mol. The lowest BCUT2D eigenvalue weighted by Gasteiger charge is -2.25. The predicted octanol–water partition coefficient (Wildman–Crippen LogP) is 1.35. The summed E-state index contributed by atoms with van der Waals surface area (Å²) < 4.78 is 5.27. The van der Waals surface area contributed by atoms with Crippen LogP contribution in [0, 0.1) is 5.92 Å². The Bertz CT molecular complexity index is 192. The molecule has 0 N–H and O–H groups in total. The molecule has 0 atom stereocenters. The van der Waals surface area contributed by atoms with Gasteiger partial charge in [0.15, 0.2) is 0 Å². The van der Waals surface area contributed by atoms with Gasteiger partial charge in [0.1, 0.15) is 11.6 Å². The van der Waals surface area contributed by atoms with E-state index >= 15 is 0 Å². The largest absolute Gasteiger partial charge is 0.378 e. The van der Waals surface area contributed by atoms with Gasteiger partial charge < -0.3 is 4.74 Å². The van der Waals surface area contributed by atoms with Crippen molar-refractivity contribution in [1.82, 2.24) is 0 Å². The summed E-state index contributed by atoms with van der Waals surface area (Å²) in [5.41, 5.74) is 0. The third-order valence-corrected chi connectivity index (χ3v) is 2.45. The van der Waals surface area contributed by atoms with E-state index in [0.717, 1.165) is 0 Å². The Morgan fingerprint density at radius 1 is 1.23 bits per heavy atom. The smallest absolute Gasteiger partial charge is 0.145 e. The number of hydrogen-bond acceptors (Lipinski definition) is 3. The topological polar surface area (TPSA) is 43.4 Å². The minimum Gasteiger partial charge on any atom is -0.378 e. The van der Waals surface area contributed by atoms with Gasteiger partial charge in [0, 0.05) is 19.4 Å². The molecule has 1 saturated carbocycles. The van der Waals surface area contributed by atoms with Gasteiger partial charge in [-0.05, 0) is 13.3 Å². The van der Waals surface area contributed by atoms with E-state index in [4.69, 9.17) is 4.74 Å². The number of carbonyl (C=O) groups excluding carboxylic acids is 2. The number of carbonyl (C=O) groups is 2. The van der Waals surface area contributed by atoms with Gasteiger partial charge in [-0.1, -0.05) is 6.92 Å². The van der Waals surface area contributed by atoms with Crippen LogP contribution in [-0.4, -0.2) is 24.3 Å². The molecule has 0 radical (unpaired) electrons. The Kier molecular flexibility index (Phi) is 3.60. The molecule has 3 heteroatoms. The van der Waals surface area contributed by atoms with Gasteiger partial charge in [-0.25, -0.2) is 0 Å². The molecule has 0 bridgehead atoms. The lowest BCUT2D eigenvalue weighted by Crippen LogP contribution is -2.36. The van der Waals surface area contributed by atoms with E-state index in [9.17, 15) is 9.59 Å². The van der Waals surface area contributed by atoms with E-state index in [1.165, 1.54) is 0 Å². The fraction of sp³-hybridized carbons (Fsp3) is 0.800. The van der Waals surface area contributed by atoms with Crippen molar-refractivity contribution in [1.29, 1.82) is 0 Å². The highest BCUT2D eigenvalue weighted by Crippen LogP contribution is 2.22. The number of Topliss-reactive ketones (excluding diaryl/α,β-unsaturated/α-hetero) is 2. The first-order valence-corrected chi connectivity index (χ1v) is 4.86. The SMILES string of the molecule is CCOC1CC(=O)C(CC)C(=O)C1. The molecule has 1 aliphatic carbocycles. The van der Waals surface area contributed by atoms with Crippen LogP contribution in [0.2, 0.25) is 0 Å². The average molecular weight is 184 g/mol. The molecular formula is C10H16O3. The summed E-state index contributed by atoms with van der Waals surface area (Å²) in [6, 6.07) is 0. The molecule has 74 valence electrons. The summed E-state index contributed by atoms with van der Waals surface area (Å²) >= 11 is 0. The van der Waals surface area contributed by atoms with Crippen LogP contribution in [0.5, 0.6) is 0 Å². The van der Waals surface area contributed by atoms with E-state index in [2.05, 4.69) is 0 Å². The Morgan fingerprint density at radius 2 is 1.77 bits per heavy atom. The lowest BCUT2D eigenvalue weighted by molar-refractivity contribution is -0.141. The van der Waals surface area contributed by atoms with Gasteiger partial charge in [0.25, 0.3) is 0 Å². The molecule has 3 nitrogen and oxygen atoms in total. The van der Waals surface area contributed by atoms with Crippen molar-refractivity contribution in [3.05, 3.63) is 0 Å². The molecule has 0 aliphatic heterocycles. The minimum atomic E-state index is -0.350.